The van der Waals surface area contributed by atoms with Crippen molar-refractivity contribution in [2.24, 2.45) is 5.92 Å². The Labute approximate surface area is 143 Å². The van der Waals surface area contributed by atoms with Gasteiger partial charge >= 0.3 is 5.97 Å². The first kappa shape index (κ1) is 17.4. The van der Waals surface area contributed by atoms with Gasteiger partial charge in [0.2, 0.25) is 10.0 Å². The van der Waals surface area contributed by atoms with E-state index in [-0.39, 0.29) is 6.54 Å². The fourth-order valence-corrected chi connectivity index (χ4v) is 5.38. The number of ether oxygens (including phenoxy) is 1. The van der Waals surface area contributed by atoms with Crippen molar-refractivity contribution in [1.29, 1.82) is 0 Å². The standard InChI is InChI=1S/C17H24N2O4S/c1-23-17(20)15-4-2-3-5-16(15)24(21,22)19-9-12-6-7-13-10-18-11-14(13)8-12/h6-8,15-16,18-19H,2-5,9-11H2,1H3. The highest BCUT2D eigenvalue weighted by atomic mass is 32.2. The van der Waals surface area contributed by atoms with Crippen molar-refractivity contribution in [1.82, 2.24) is 10.0 Å². The van der Waals surface area contributed by atoms with Crippen LogP contribution in [-0.2, 0) is 39.2 Å². The molecule has 1 heterocycles. The number of sulfonamides is 1. The molecule has 0 radical (unpaired) electrons. The van der Waals surface area contributed by atoms with Crippen LogP contribution < -0.4 is 10.0 Å². The fraction of sp³-hybridized carbons (Fsp3) is 0.588. The molecule has 0 spiro atoms. The number of fused-ring (bicyclic) bond motifs is 1. The van der Waals surface area contributed by atoms with Crippen LogP contribution in [0.15, 0.2) is 18.2 Å². The van der Waals surface area contributed by atoms with Crippen LogP contribution in [0.1, 0.15) is 42.4 Å². The molecule has 2 unspecified atom stereocenters. The lowest BCUT2D eigenvalue weighted by molar-refractivity contribution is -0.146. The monoisotopic (exact) mass is 352 g/mol. The molecule has 2 aliphatic rings. The van der Waals surface area contributed by atoms with Crippen molar-refractivity contribution < 1.29 is 17.9 Å². The van der Waals surface area contributed by atoms with E-state index in [9.17, 15) is 13.2 Å². The summed E-state index contributed by atoms with van der Waals surface area (Å²) in [5.74, 6) is -0.987. The maximum absolute atomic E-state index is 12.7. The third-order valence-electron chi connectivity index (χ3n) is 4.98. The van der Waals surface area contributed by atoms with Crippen LogP contribution in [0.5, 0.6) is 0 Å². The Morgan fingerprint density at radius 3 is 2.79 bits per heavy atom. The number of methoxy groups -OCH3 is 1. The van der Waals surface area contributed by atoms with E-state index in [1.165, 1.54) is 18.2 Å². The number of hydrogen-bond donors (Lipinski definition) is 2. The minimum atomic E-state index is -3.57. The van der Waals surface area contributed by atoms with Gasteiger partial charge in [-0.15, -0.1) is 0 Å². The predicted molar refractivity (Wildman–Crippen MR) is 90.5 cm³/mol. The third-order valence-corrected chi connectivity index (χ3v) is 6.89. The normalized spacial score (nSPS) is 23.7. The average molecular weight is 352 g/mol. The Bertz CT molecular complexity index is 717. The Morgan fingerprint density at radius 1 is 1.25 bits per heavy atom. The highest BCUT2D eigenvalue weighted by Crippen LogP contribution is 2.30. The Balaban J connectivity index is 1.69. The second kappa shape index (κ2) is 7.21. The summed E-state index contributed by atoms with van der Waals surface area (Å²) >= 11 is 0. The Morgan fingerprint density at radius 2 is 2.00 bits per heavy atom. The summed E-state index contributed by atoms with van der Waals surface area (Å²) < 4.78 is 32.9. The average Bonchev–Trinajstić information content (AvgIpc) is 3.07. The molecule has 7 heteroatoms. The summed E-state index contributed by atoms with van der Waals surface area (Å²) in [6.45, 7) is 1.94. The molecule has 132 valence electrons. The molecule has 0 aromatic heterocycles. The van der Waals surface area contributed by atoms with Crippen molar-refractivity contribution in [2.75, 3.05) is 7.11 Å². The first-order valence-corrected chi connectivity index (χ1v) is 9.93. The molecule has 1 aliphatic carbocycles. The molecule has 1 saturated carbocycles. The number of carbonyl (C=O) groups excluding carboxylic acids is 1. The molecule has 1 aromatic carbocycles. The lowest BCUT2D eigenvalue weighted by Crippen LogP contribution is -2.43. The van der Waals surface area contributed by atoms with E-state index >= 15 is 0 Å². The van der Waals surface area contributed by atoms with E-state index in [1.807, 2.05) is 18.2 Å². The molecule has 24 heavy (non-hydrogen) atoms. The second-order valence-corrected chi connectivity index (χ2v) is 8.51. The summed E-state index contributed by atoms with van der Waals surface area (Å²) in [6, 6.07) is 6.03. The number of carbonyl (C=O) groups is 1. The second-order valence-electron chi connectivity index (χ2n) is 6.53. The van der Waals surface area contributed by atoms with E-state index in [1.54, 1.807) is 0 Å². The SMILES string of the molecule is COC(=O)C1CCCCC1S(=O)(=O)NCc1ccc2c(c1)CNC2. The Hall–Kier alpha value is -1.44. The number of benzene rings is 1. The molecule has 3 rings (SSSR count). The van der Waals surface area contributed by atoms with Gasteiger partial charge in [0.1, 0.15) is 0 Å². The van der Waals surface area contributed by atoms with Crippen LogP contribution in [0.4, 0.5) is 0 Å². The molecule has 6 nitrogen and oxygen atoms in total. The van der Waals surface area contributed by atoms with Crippen molar-refractivity contribution in [3.05, 3.63) is 34.9 Å². The van der Waals surface area contributed by atoms with Gasteiger partial charge in [0.15, 0.2) is 0 Å². The molecular weight excluding hydrogens is 328 g/mol. The summed E-state index contributed by atoms with van der Waals surface area (Å²) in [4.78, 5) is 11.9. The zero-order valence-electron chi connectivity index (χ0n) is 13.9. The topological polar surface area (TPSA) is 84.5 Å². The lowest BCUT2D eigenvalue weighted by Gasteiger charge is -2.29. The molecule has 1 aromatic rings. The minimum Gasteiger partial charge on any atom is -0.469 e. The van der Waals surface area contributed by atoms with Gasteiger partial charge in [0.05, 0.1) is 18.3 Å². The quantitative estimate of drug-likeness (QED) is 0.784. The van der Waals surface area contributed by atoms with Crippen LogP contribution in [0.3, 0.4) is 0 Å². The van der Waals surface area contributed by atoms with Gasteiger partial charge in [-0.05, 0) is 29.5 Å². The number of esters is 1. The molecule has 2 N–H and O–H groups in total. The van der Waals surface area contributed by atoms with E-state index < -0.39 is 27.2 Å². The van der Waals surface area contributed by atoms with Crippen molar-refractivity contribution >= 4 is 16.0 Å². The summed E-state index contributed by atoms with van der Waals surface area (Å²) in [7, 11) is -2.25. The van der Waals surface area contributed by atoms with Gasteiger partial charge in [-0.1, -0.05) is 31.0 Å². The van der Waals surface area contributed by atoms with Crippen LogP contribution in [0.25, 0.3) is 0 Å². The van der Waals surface area contributed by atoms with Gasteiger partial charge in [-0.3, -0.25) is 4.79 Å². The first-order chi connectivity index (χ1) is 11.5. The lowest BCUT2D eigenvalue weighted by atomic mass is 9.89. The largest absolute Gasteiger partial charge is 0.469 e. The van der Waals surface area contributed by atoms with Gasteiger partial charge in [0, 0.05) is 19.6 Å². The molecule has 1 fully saturated rings. The maximum atomic E-state index is 12.7. The predicted octanol–water partition coefficient (Wildman–Crippen LogP) is 1.44. The van der Waals surface area contributed by atoms with Crippen molar-refractivity contribution in [3.63, 3.8) is 0 Å². The minimum absolute atomic E-state index is 0.250. The molecule has 1 aliphatic heterocycles. The van der Waals surface area contributed by atoms with E-state index in [4.69, 9.17) is 4.74 Å². The van der Waals surface area contributed by atoms with Gasteiger partial charge in [0.25, 0.3) is 0 Å². The van der Waals surface area contributed by atoms with E-state index in [2.05, 4.69) is 10.0 Å². The third kappa shape index (κ3) is 3.63. The van der Waals surface area contributed by atoms with Crippen LogP contribution in [0, 0.1) is 5.92 Å². The highest BCUT2D eigenvalue weighted by Gasteiger charge is 2.40. The zero-order chi connectivity index (χ0) is 17.2. The molecule has 0 amide bonds. The fourth-order valence-electron chi connectivity index (χ4n) is 3.64. The number of nitrogens with one attached hydrogen (secondary N) is 2. The smallest absolute Gasteiger partial charge is 0.310 e. The summed E-state index contributed by atoms with van der Waals surface area (Å²) in [5, 5.41) is 2.57. The van der Waals surface area contributed by atoms with E-state index in [0.29, 0.717) is 12.8 Å². The van der Waals surface area contributed by atoms with Crippen LogP contribution in [0.2, 0.25) is 0 Å². The number of rotatable bonds is 5. The van der Waals surface area contributed by atoms with Gasteiger partial charge in [-0.2, -0.15) is 0 Å². The van der Waals surface area contributed by atoms with Gasteiger partial charge in [-0.25, -0.2) is 13.1 Å². The van der Waals surface area contributed by atoms with Crippen molar-refractivity contribution in [3.8, 4) is 0 Å². The summed E-state index contributed by atoms with van der Waals surface area (Å²) in [5.41, 5.74) is 3.42. The van der Waals surface area contributed by atoms with Crippen LogP contribution >= 0.6 is 0 Å². The Kier molecular flexibility index (Phi) is 5.22. The molecule has 2 atom stereocenters. The molecular formula is C17H24N2O4S. The summed E-state index contributed by atoms with van der Waals surface area (Å²) in [6.07, 6.45) is 2.76. The number of hydrogen-bond acceptors (Lipinski definition) is 5. The van der Waals surface area contributed by atoms with Crippen LogP contribution in [-0.4, -0.2) is 26.7 Å². The maximum Gasteiger partial charge on any atom is 0.310 e. The zero-order valence-corrected chi connectivity index (χ0v) is 14.7. The molecule has 0 bridgehead atoms. The van der Waals surface area contributed by atoms with Gasteiger partial charge < -0.3 is 10.1 Å². The highest BCUT2D eigenvalue weighted by molar-refractivity contribution is 7.90. The van der Waals surface area contributed by atoms with Crippen molar-refractivity contribution in [2.45, 2.75) is 50.6 Å². The van der Waals surface area contributed by atoms with E-state index in [0.717, 1.165) is 31.5 Å². The first-order valence-electron chi connectivity index (χ1n) is 8.39. The molecule has 0 saturated heterocycles.